The Morgan fingerprint density at radius 2 is 2.04 bits per heavy atom. The molecule has 1 unspecified atom stereocenters. The Labute approximate surface area is 133 Å². The summed E-state index contributed by atoms with van der Waals surface area (Å²) in [6.07, 6.45) is 0.131. The number of carbonyl (C=O) groups excluding carboxylic acids is 1. The molecule has 0 radical (unpaired) electrons. The van der Waals surface area contributed by atoms with Crippen LogP contribution in [-0.4, -0.2) is 17.0 Å². The van der Waals surface area contributed by atoms with Gasteiger partial charge in [-0.05, 0) is 30.5 Å². The number of amides is 1. The van der Waals surface area contributed by atoms with Crippen LogP contribution in [0.1, 0.15) is 46.7 Å². The van der Waals surface area contributed by atoms with Crippen molar-refractivity contribution in [2.24, 2.45) is 0 Å². The third-order valence-electron chi connectivity index (χ3n) is 3.59. The topological polar surface area (TPSA) is 79.5 Å². The number of furan rings is 1. The second kappa shape index (κ2) is 7.09. The predicted octanol–water partition coefficient (Wildman–Crippen LogP) is 3.24. The normalized spacial score (nSPS) is 12.0. The largest absolute Gasteiger partial charge is 0.478 e. The number of benzene rings is 1. The number of nitrogens with one attached hydrogen (secondary N) is 1. The first-order valence-corrected chi connectivity index (χ1v) is 7.22. The van der Waals surface area contributed by atoms with Crippen molar-refractivity contribution in [1.29, 1.82) is 0 Å². The minimum Gasteiger partial charge on any atom is -0.478 e. The SMILES string of the molecule is Cc1oc(CNC(=O)CC(C)c2ccccc2F)cc1C(=O)O. The lowest BCUT2D eigenvalue weighted by atomic mass is 9.97. The number of rotatable bonds is 6. The van der Waals surface area contributed by atoms with Crippen LogP contribution >= 0.6 is 0 Å². The highest BCUT2D eigenvalue weighted by Crippen LogP contribution is 2.21. The molecular formula is C17H18FNO4. The summed E-state index contributed by atoms with van der Waals surface area (Å²) in [6, 6.07) is 7.74. The third-order valence-corrected chi connectivity index (χ3v) is 3.59. The Hall–Kier alpha value is -2.63. The molecule has 2 rings (SSSR count). The van der Waals surface area contributed by atoms with Crippen LogP contribution in [0.4, 0.5) is 4.39 Å². The van der Waals surface area contributed by atoms with E-state index in [1.165, 1.54) is 12.1 Å². The Morgan fingerprint density at radius 1 is 1.35 bits per heavy atom. The summed E-state index contributed by atoms with van der Waals surface area (Å²) in [7, 11) is 0. The summed E-state index contributed by atoms with van der Waals surface area (Å²) in [5.41, 5.74) is 0.568. The van der Waals surface area contributed by atoms with Gasteiger partial charge in [0.25, 0.3) is 0 Å². The van der Waals surface area contributed by atoms with E-state index < -0.39 is 5.97 Å². The lowest BCUT2D eigenvalue weighted by Crippen LogP contribution is -2.24. The van der Waals surface area contributed by atoms with E-state index in [0.717, 1.165) is 0 Å². The van der Waals surface area contributed by atoms with Crippen molar-refractivity contribution >= 4 is 11.9 Å². The van der Waals surface area contributed by atoms with Crippen LogP contribution in [0.5, 0.6) is 0 Å². The Bertz CT molecular complexity index is 723. The van der Waals surface area contributed by atoms with Gasteiger partial charge in [0, 0.05) is 6.42 Å². The first kappa shape index (κ1) is 16.7. The molecule has 1 aromatic carbocycles. The Morgan fingerprint density at radius 3 is 2.65 bits per heavy atom. The first-order chi connectivity index (χ1) is 10.9. The van der Waals surface area contributed by atoms with Gasteiger partial charge in [0.1, 0.15) is 22.9 Å². The van der Waals surface area contributed by atoms with Gasteiger partial charge in [0.2, 0.25) is 5.91 Å². The lowest BCUT2D eigenvalue weighted by Gasteiger charge is -2.12. The monoisotopic (exact) mass is 319 g/mol. The summed E-state index contributed by atoms with van der Waals surface area (Å²) in [5, 5.41) is 11.6. The molecule has 0 bridgehead atoms. The van der Waals surface area contributed by atoms with Gasteiger partial charge in [0.05, 0.1) is 6.54 Å². The predicted molar refractivity (Wildman–Crippen MR) is 81.7 cm³/mol. The van der Waals surface area contributed by atoms with Crippen molar-refractivity contribution in [3.63, 3.8) is 0 Å². The molecule has 122 valence electrons. The molecule has 23 heavy (non-hydrogen) atoms. The van der Waals surface area contributed by atoms with Crippen molar-refractivity contribution in [3.05, 3.63) is 58.8 Å². The number of hydrogen-bond acceptors (Lipinski definition) is 3. The van der Waals surface area contributed by atoms with E-state index in [-0.39, 0.29) is 36.2 Å². The Balaban J connectivity index is 1.91. The van der Waals surface area contributed by atoms with E-state index in [9.17, 15) is 14.0 Å². The molecule has 2 N–H and O–H groups in total. The number of hydrogen-bond donors (Lipinski definition) is 2. The van der Waals surface area contributed by atoms with Crippen LogP contribution in [0.25, 0.3) is 0 Å². The molecule has 0 aliphatic rings. The molecular weight excluding hydrogens is 301 g/mol. The van der Waals surface area contributed by atoms with Crippen molar-refractivity contribution in [3.8, 4) is 0 Å². The smallest absolute Gasteiger partial charge is 0.339 e. The second-order valence-corrected chi connectivity index (χ2v) is 5.39. The summed E-state index contributed by atoms with van der Waals surface area (Å²) >= 11 is 0. The fourth-order valence-electron chi connectivity index (χ4n) is 2.36. The van der Waals surface area contributed by atoms with Crippen LogP contribution in [-0.2, 0) is 11.3 Å². The number of carbonyl (C=O) groups is 2. The van der Waals surface area contributed by atoms with Gasteiger partial charge in [-0.1, -0.05) is 25.1 Å². The molecule has 0 aliphatic carbocycles. The number of halogens is 1. The first-order valence-electron chi connectivity index (χ1n) is 7.22. The zero-order valence-corrected chi connectivity index (χ0v) is 12.9. The minimum absolute atomic E-state index is 0.0778. The van der Waals surface area contributed by atoms with Gasteiger partial charge in [-0.2, -0.15) is 0 Å². The zero-order valence-electron chi connectivity index (χ0n) is 12.9. The maximum absolute atomic E-state index is 13.7. The number of aromatic carboxylic acids is 1. The molecule has 1 atom stereocenters. The van der Waals surface area contributed by atoms with Crippen molar-refractivity contribution in [2.75, 3.05) is 0 Å². The third kappa shape index (κ3) is 4.18. The van der Waals surface area contributed by atoms with Gasteiger partial charge in [-0.3, -0.25) is 4.79 Å². The quantitative estimate of drug-likeness (QED) is 0.856. The van der Waals surface area contributed by atoms with Crippen LogP contribution in [0.2, 0.25) is 0 Å². The summed E-state index contributed by atoms with van der Waals surface area (Å²) in [4.78, 5) is 22.9. The number of carboxylic acid groups (broad SMARTS) is 1. The average molecular weight is 319 g/mol. The van der Waals surface area contributed by atoms with Gasteiger partial charge in [-0.15, -0.1) is 0 Å². The maximum Gasteiger partial charge on any atom is 0.339 e. The molecule has 0 aliphatic heterocycles. The Kier molecular flexibility index (Phi) is 5.16. The fourth-order valence-corrected chi connectivity index (χ4v) is 2.36. The van der Waals surface area contributed by atoms with E-state index in [4.69, 9.17) is 9.52 Å². The maximum atomic E-state index is 13.7. The number of aryl methyl sites for hydroxylation is 1. The van der Waals surface area contributed by atoms with E-state index in [2.05, 4.69) is 5.32 Å². The number of carboxylic acids is 1. The van der Waals surface area contributed by atoms with Crippen LogP contribution < -0.4 is 5.32 Å². The van der Waals surface area contributed by atoms with E-state index >= 15 is 0 Å². The zero-order chi connectivity index (χ0) is 17.0. The second-order valence-electron chi connectivity index (χ2n) is 5.39. The van der Waals surface area contributed by atoms with Crippen LogP contribution in [0.15, 0.2) is 34.7 Å². The average Bonchev–Trinajstić information content (AvgIpc) is 2.87. The standard InChI is InChI=1S/C17H18FNO4/c1-10(13-5-3-4-6-15(13)18)7-16(20)19-9-12-8-14(17(21)22)11(2)23-12/h3-6,8,10H,7,9H2,1-2H3,(H,19,20)(H,21,22). The van der Waals surface area contributed by atoms with Crippen molar-refractivity contribution in [2.45, 2.75) is 32.7 Å². The highest BCUT2D eigenvalue weighted by molar-refractivity contribution is 5.88. The molecule has 0 saturated carbocycles. The van der Waals surface area contributed by atoms with Crippen molar-refractivity contribution in [1.82, 2.24) is 5.32 Å². The van der Waals surface area contributed by atoms with E-state index in [0.29, 0.717) is 17.1 Å². The molecule has 1 heterocycles. The van der Waals surface area contributed by atoms with Gasteiger partial charge in [-0.25, -0.2) is 9.18 Å². The van der Waals surface area contributed by atoms with Crippen molar-refractivity contribution < 1.29 is 23.5 Å². The summed E-state index contributed by atoms with van der Waals surface area (Å²) in [6.45, 7) is 3.42. The summed E-state index contributed by atoms with van der Waals surface area (Å²) in [5.74, 6) is -1.26. The van der Waals surface area contributed by atoms with Crippen LogP contribution in [0.3, 0.4) is 0 Å². The molecule has 0 fully saturated rings. The molecule has 2 aromatic rings. The fraction of sp³-hybridized carbons (Fsp3) is 0.294. The summed E-state index contributed by atoms with van der Waals surface area (Å²) < 4.78 is 18.9. The molecule has 1 aromatic heterocycles. The van der Waals surface area contributed by atoms with E-state index in [1.54, 1.807) is 32.0 Å². The highest BCUT2D eigenvalue weighted by atomic mass is 19.1. The van der Waals surface area contributed by atoms with Gasteiger partial charge >= 0.3 is 5.97 Å². The van der Waals surface area contributed by atoms with Gasteiger partial charge < -0.3 is 14.8 Å². The molecule has 5 nitrogen and oxygen atoms in total. The van der Waals surface area contributed by atoms with Crippen LogP contribution in [0, 0.1) is 12.7 Å². The van der Waals surface area contributed by atoms with Gasteiger partial charge in [0.15, 0.2) is 0 Å². The molecule has 0 spiro atoms. The minimum atomic E-state index is -1.07. The molecule has 0 saturated heterocycles. The highest BCUT2D eigenvalue weighted by Gasteiger charge is 2.16. The molecule has 1 amide bonds. The molecule has 6 heteroatoms. The van der Waals surface area contributed by atoms with E-state index in [1.807, 2.05) is 0 Å². The lowest BCUT2D eigenvalue weighted by molar-refractivity contribution is -0.121.